The molecule has 2 saturated heterocycles. The second kappa shape index (κ2) is 10.4. The van der Waals surface area contributed by atoms with Gasteiger partial charge in [0.15, 0.2) is 11.6 Å². The second-order valence-electron chi connectivity index (χ2n) is 8.48. The molecule has 9 heteroatoms. The van der Waals surface area contributed by atoms with Gasteiger partial charge in [-0.3, -0.25) is 9.69 Å². The summed E-state index contributed by atoms with van der Waals surface area (Å²) in [6, 6.07) is 4.84. The number of piperidine rings is 1. The van der Waals surface area contributed by atoms with E-state index < -0.39 is 5.91 Å². The monoisotopic (exact) mass is 439 g/mol. The maximum Gasteiger partial charge on any atom is 0.294 e. The van der Waals surface area contributed by atoms with E-state index in [1.807, 2.05) is 6.07 Å². The highest BCUT2D eigenvalue weighted by atomic mass is 16.4. The van der Waals surface area contributed by atoms with Gasteiger partial charge in [0.25, 0.3) is 5.91 Å². The van der Waals surface area contributed by atoms with E-state index in [1.165, 1.54) is 17.0 Å². The molecule has 2 aliphatic rings. The van der Waals surface area contributed by atoms with E-state index in [1.54, 1.807) is 13.1 Å². The third kappa shape index (κ3) is 5.32. The minimum absolute atomic E-state index is 0.0607. The Kier molecular flexibility index (Phi) is 7.59. The van der Waals surface area contributed by atoms with Crippen LogP contribution in [0.1, 0.15) is 36.1 Å². The number of likely N-dealkylation sites (tertiary alicyclic amines) is 1. The SMILES string of the molecule is C=CC(=N/C(=C(\N)N(C)C(=O)c1ccc(C#N)o1)N1CCC(C)CC1)N1CCN(C)CC1. The van der Waals surface area contributed by atoms with E-state index in [0.29, 0.717) is 11.7 Å². The van der Waals surface area contributed by atoms with E-state index in [4.69, 9.17) is 20.4 Å². The van der Waals surface area contributed by atoms with Crippen LogP contribution in [0, 0.1) is 17.2 Å². The van der Waals surface area contributed by atoms with Crippen LogP contribution in [0.3, 0.4) is 0 Å². The number of carbonyl (C=O) groups is 1. The first-order chi connectivity index (χ1) is 15.3. The summed E-state index contributed by atoms with van der Waals surface area (Å²) in [7, 11) is 3.70. The lowest BCUT2D eigenvalue weighted by Gasteiger charge is -2.36. The molecule has 9 nitrogen and oxygen atoms in total. The number of hydrogen-bond donors (Lipinski definition) is 1. The van der Waals surface area contributed by atoms with Crippen molar-refractivity contribution in [2.24, 2.45) is 16.6 Å². The van der Waals surface area contributed by atoms with Crippen LogP contribution in [0.2, 0.25) is 0 Å². The Morgan fingerprint density at radius 2 is 1.91 bits per heavy atom. The first kappa shape index (κ1) is 23.4. The average molecular weight is 440 g/mol. The third-order valence-electron chi connectivity index (χ3n) is 6.14. The fourth-order valence-corrected chi connectivity index (χ4v) is 3.84. The van der Waals surface area contributed by atoms with Crippen molar-refractivity contribution in [1.82, 2.24) is 19.6 Å². The van der Waals surface area contributed by atoms with Gasteiger partial charge in [-0.05, 0) is 44.0 Å². The molecule has 0 saturated carbocycles. The molecule has 0 aromatic carbocycles. The summed E-state index contributed by atoms with van der Waals surface area (Å²) >= 11 is 0. The highest BCUT2D eigenvalue weighted by molar-refractivity contribution is 5.94. The quantitative estimate of drug-likeness (QED) is 0.551. The fourth-order valence-electron chi connectivity index (χ4n) is 3.84. The van der Waals surface area contributed by atoms with E-state index in [0.717, 1.165) is 57.9 Å². The van der Waals surface area contributed by atoms with Gasteiger partial charge in [0.1, 0.15) is 17.7 Å². The van der Waals surface area contributed by atoms with Crippen LogP contribution in [-0.2, 0) is 0 Å². The van der Waals surface area contributed by atoms with Crippen LogP contribution in [0.15, 0.2) is 45.8 Å². The van der Waals surface area contributed by atoms with Gasteiger partial charge in [0.2, 0.25) is 5.76 Å². The smallest absolute Gasteiger partial charge is 0.294 e. The van der Waals surface area contributed by atoms with Crippen molar-refractivity contribution in [2.75, 3.05) is 53.4 Å². The molecule has 32 heavy (non-hydrogen) atoms. The number of piperazine rings is 1. The molecule has 172 valence electrons. The predicted octanol–water partition coefficient (Wildman–Crippen LogP) is 1.87. The number of furan rings is 1. The lowest BCUT2D eigenvalue weighted by molar-refractivity contribution is 0.0796. The Hall–Kier alpha value is -3.25. The maximum absolute atomic E-state index is 13.0. The molecule has 0 radical (unpaired) electrons. The van der Waals surface area contributed by atoms with Crippen LogP contribution in [0.5, 0.6) is 0 Å². The molecule has 2 aliphatic heterocycles. The highest BCUT2D eigenvalue weighted by Crippen LogP contribution is 2.23. The number of rotatable bonds is 5. The molecule has 2 fully saturated rings. The zero-order chi connectivity index (χ0) is 23.3. The summed E-state index contributed by atoms with van der Waals surface area (Å²) in [5, 5.41) is 8.98. The second-order valence-corrected chi connectivity index (χ2v) is 8.48. The fraction of sp³-hybridized carbons (Fsp3) is 0.522. The van der Waals surface area contributed by atoms with Crippen LogP contribution in [0.25, 0.3) is 0 Å². The highest BCUT2D eigenvalue weighted by Gasteiger charge is 2.26. The van der Waals surface area contributed by atoms with Gasteiger partial charge < -0.3 is 24.9 Å². The van der Waals surface area contributed by atoms with E-state index in [9.17, 15) is 4.79 Å². The number of hydrogen-bond acceptors (Lipinski definition) is 7. The lowest BCUT2D eigenvalue weighted by atomic mass is 9.99. The first-order valence-corrected chi connectivity index (χ1v) is 11.0. The largest absolute Gasteiger partial charge is 0.440 e. The molecule has 0 unspecified atom stereocenters. The average Bonchev–Trinajstić information content (AvgIpc) is 3.29. The topological polar surface area (TPSA) is 105 Å². The standard InChI is InChI=1S/C23H33N7O2/c1-5-20(29-14-12-27(3)13-15-29)26-22(30-10-8-17(2)9-11-30)21(25)28(4)23(31)19-7-6-18(16-24)32-19/h5-7,17H,1,8-15,25H2,2-4H3/b22-21-,26-20?. The molecule has 1 aromatic rings. The number of nitriles is 1. The molecular formula is C23H33N7O2. The van der Waals surface area contributed by atoms with Crippen LogP contribution >= 0.6 is 0 Å². The number of nitrogens with two attached hydrogens (primary N) is 1. The summed E-state index contributed by atoms with van der Waals surface area (Å²) in [6.07, 6.45) is 3.82. The summed E-state index contributed by atoms with van der Waals surface area (Å²) < 4.78 is 5.30. The van der Waals surface area contributed by atoms with Crippen molar-refractivity contribution >= 4 is 11.7 Å². The minimum atomic E-state index is -0.429. The minimum Gasteiger partial charge on any atom is -0.440 e. The van der Waals surface area contributed by atoms with Gasteiger partial charge in [-0.25, -0.2) is 4.99 Å². The Balaban J connectivity index is 1.94. The number of carbonyl (C=O) groups excluding carboxylic acids is 1. The number of amides is 1. The van der Waals surface area contributed by atoms with Gasteiger partial charge in [-0.1, -0.05) is 13.5 Å². The van der Waals surface area contributed by atoms with Gasteiger partial charge in [-0.15, -0.1) is 0 Å². The molecule has 1 amide bonds. The van der Waals surface area contributed by atoms with Crippen molar-refractivity contribution in [3.63, 3.8) is 0 Å². The summed E-state index contributed by atoms with van der Waals surface area (Å²) in [5.74, 6) is 1.91. The molecular weight excluding hydrogens is 406 g/mol. The van der Waals surface area contributed by atoms with Crippen molar-refractivity contribution < 1.29 is 9.21 Å². The Morgan fingerprint density at radius 1 is 1.25 bits per heavy atom. The Labute approximate surface area is 190 Å². The third-order valence-corrected chi connectivity index (χ3v) is 6.14. The zero-order valence-electron chi connectivity index (χ0n) is 19.3. The Morgan fingerprint density at radius 3 is 2.47 bits per heavy atom. The summed E-state index contributed by atoms with van der Waals surface area (Å²) in [5.41, 5.74) is 6.53. The molecule has 3 rings (SSSR count). The molecule has 0 spiro atoms. The number of likely N-dealkylation sites (N-methyl/N-ethyl adjacent to an activating group) is 1. The zero-order valence-corrected chi connectivity index (χ0v) is 19.3. The molecule has 1 aromatic heterocycles. The summed E-state index contributed by atoms with van der Waals surface area (Å²) in [6.45, 7) is 11.4. The van der Waals surface area contributed by atoms with Crippen molar-refractivity contribution in [1.29, 1.82) is 5.26 Å². The van der Waals surface area contributed by atoms with Gasteiger partial charge in [0.05, 0.1) is 0 Å². The van der Waals surface area contributed by atoms with Gasteiger partial charge in [0, 0.05) is 46.3 Å². The van der Waals surface area contributed by atoms with E-state index in [2.05, 4.69) is 35.3 Å². The number of amidine groups is 1. The first-order valence-electron chi connectivity index (χ1n) is 11.0. The number of nitrogens with zero attached hydrogens (tertiary/aromatic N) is 6. The van der Waals surface area contributed by atoms with Gasteiger partial charge in [-0.2, -0.15) is 5.26 Å². The predicted molar refractivity (Wildman–Crippen MR) is 123 cm³/mol. The normalized spacial score (nSPS) is 19.4. The van der Waals surface area contributed by atoms with Crippen molar-refractivity contribution in [3.8, 4) is 6.07 Å². The van der Waals surface area contributed by atoms with Crippen molar-refractivity contribution in [2.45, 2.75) is 19.8 Å². The van der Waals surface area contributed by atoms with Crippen LogP contribution in [-0.4, -0.2) is 84.7 Å². The molecule has 0 aliphatic carbocycles. The Bertz CT molecular complexity index is 926. The van der Waals surface area contributed by atoms with Crippen molar-refractivity contribution in [3.05, 3.63) is 48.0 Å². The lowest BCUT2D eigenvalue weighted by Crippen LogP contribution is -2.47. The molecule has 3 heterocycles. The van der Waals surface area contributed by atoms with E-state index in [-0.39, 0.29) is 17.3 Å². The van der Waals surface area contributed by atoms with Gasteiger partial charge >= 0.3 is 0 Å². The number of aliphatic imine (C=N–C) groups is 1. The van der Waals surface area contributed by atoms with E-state index >= 15 is 0 Å². The van der Waals surface area contributed by atoms with Crippen LogP contribution in [0.4, 0.5) is 0 Å². The molecule has 2 N–H and O–H groups in total. The molecule has 0 bridgehead atoms. The van der Waals surface area contributed by atoms with Crippen LogP contribution < -0.4 is 5.73 Å². The summed E-state index contributed by atoms with van der Waals surface area (Å²) in [4.78, 5) is 25.8. The maximum atomic E-state index is 13.0. The molecule has 0 atom stereocenters.